The van der Waals surface area contributed by atoms with Gasteiger partial charge in [0.2, 0.25) is 0 Å². The summed E-state index contributed by atoms with van der Waals surface area (Å²) < 4.78 is 0. The maximum absolute atomic E-state index is 9.06. The summed E-state index contributed by atoms with van der Waals surface area (Å²) in [7, 11) is 0. The van der Waals surface area contributed by atoms with E-state index >= 15 is 0 Å². The number of benzene rings is 1. The number of rotatable bonds is 2. The Balaban J connectivity index is 2.06. The van der Waals surface area contributed by atoms with Gasteiger partial charge in [0.1, 0.15) is 6.07 Å². The standard InChI is InChI=1S/C13H14N4/c14-5-6-16-7-9-17(10-8-16)13-4-2-1-3-12(13)11-15/h1-4H,6-10H2. The molecule has 1 fully saturated rings. The van der Waals surface area contributed by atoms with Gasteiger partial charge in [-0.1, -0.05) is 12.1 Å². The Morgan fingerprint density at radius 2 is 1.76 bits per heavy atom. The van der Waals surface area contributed by atoms with Crippen molar-refractivity contribution in [1.82, 2.24) is 4.90 Å². The average molecular weight is 226 g/mol. The van der Waals surface area contributed by atoms with Crippen LogP contribution in [0.5, 0.6) is 0 Å². The number of anilines is 1. The highest BCUT2D eigenvalue weighted by Crippen LogP contribution is 2.20. The molecular weight excluding hydrogens is 212 g/mol. The van der Waals surface area contributed by atoms with Crippen molar-refractivity contribution in [3.8, 4) is 12.1 Å². The van der Waals surface area contributed by atoms with Crippen LogP contribution < -0.4 is 4.90 Å². The van der Waals surface area contributed by atoms with Crippen LogP contribution >= 0.6 is 0 Å². The van der Waals surface area contributed by atoms with E-state index in [0.29, 0.717) is 6.54 Å². The number of hydrogen-bond acceptors (Lipinski definition) is 4. The highest BCUT2D eigenvalue weighted by molar-refractivity contribution is 5.59. The fraction of sp³-hybridized carbons (Fsp3) is 0.385. The van der Waals surface area contributed by atoms with Crippen LogP contribution in [0.3, 0.4) is 0 Å². The molecule has 17 heavy (non-hydrogen) atoms. The van der Waals surface area contributed by atoms with Crippen LogP contribution in [0.2, 0.25) is 0 Å². The summed E-state index contributed by atoms with van der Waals surface area (Å²) in [6.07, 6.45) is 0. The monoisotopic (exact) mass is 226 g/mol. The molecular formula is C13H14N4. The Hall–Kier alpha value is -2.04. The van der Waals surface area contributed by atoms with Gasteiger partial charge in [-0.05, 0) is 12.1 Å². The van der Waals surface area contributed by atoms with Crippen LogP contribution in [0.15, 0.2) is 24.3 Å². The Morgan fingerprint density at radius 3 is 2.41 bits per heavy atom. The van der Waals surface area contributed by atoms with Gasteiger partial charge in [-0.3, -0.25) is 4.90 Å². The molecule has 4 nitrogen and oxygen atoms in total. The molecule has 0 bridgehead atoms. The minimum Gasteiger partial charge on any atom is -0.368 e. The molecule has 86 valence electrons. The molecule has 2 rings (SSSR count). The second-order valence-electron chi connectivity index (χ2n) is 4.05. The number of nitriles is 2. The summed E-state index contributed by atoms with van der Waals surface area (Å²) in [4.78, 5) is 4.35. The molecule has 0 amide bonds. The lowest BCUT2D eigenvalue weighted by Gasteiger charge is -2.35. The van der Waals surface area contributed by atoms with Crippen molar-refractivity contribution >= 4 is 5.69 Å². The Morgan fingerprint density at radius 1 is 1.06 bits per heavy atom. The van der Waals surface area contributed by atoms with Crippen molar-refractivity contribution in [2.75, 3.05) is 37.6 Å². The number of piperazine rings is 1. The summed E-state index contributed by atoms with van der Waals surface area (Å²) in [5, 5.41) is 17.7. The fourth-order valence-corrected chi connectivity index (χ4v) is 2.09. The molecule has 1 aliphatic rings. The molecule has 0 unspecified atom stereocenters. The van der Waals surface area contributed by atoms with E-state index in [1.54, 1.807) is 0 Å². The third-order valence-corrected chi connectivity index (χ3v) is 3.03. The molecule has 1 aliphatic heterocycles. The van der Waals surface area contributed by atoms with Crippen LogP contribution in [0.1, 0.15) is 5.56 Å². The molecule has 0 spiro atoms. The van der Waals surface area contributed by atoms with Gasteiger partial charge in [0, 0.05) is 26.2 Å². The third kappa shape index (κ3) is 2.55. The van der Waals surface area contributed by atoms with Crippen LogP contribution in [0.25, 0.3) is 0 Å². The first kappa shape index (κ1) is 11.4. The number of para-hydroxylation sites is 1. The lowest BCUT2D eigenvalue weighted by atomic mass is 10.1. The zero-order valence-corrected chi connectivity index (χ0v) is 9.63. The van der Waals surface area contributed by atoms with Gasteiger partial charge >= 0.3 is 0 Å². The average Bonchev–Trinajstić information content (AvgIpc) is 2.40. The third-order valence-electron chi connectivity index (χ3n) is 3.03. The molecule has 4 heteroatoms. The summed E-state index contributed by atoms with van der Waals surface area (Å²) in [5.41, 5.74) is 1.73. The van der Waals surface area contributed by atoms with Crippen molar-refractivity contribution in [3.63, 3.8) is 0 Å². The highest BCUT2D eigenvalue weighted by Gasteiger charge is 2.18. The molecule has 0 atom stereocenters. The molecule has 0 N–H and O–H groups in total. The lowest BCUT2D eigenvalue weighted by molar-refractivity contribution is 0.287. The molecule has 0 saturated carbocycles. The number of hydrogen-bond donors (Lipinski definition) is 0. The van der Waals surface area contributed by atoms with Gasteiger partial charge in [-0.2, -0.15) is 10.5 Å². The first-order chi connectivity index (χ1) is 8.35. The van der Waals surface area contributed by atoms with E-state index in [1.165, 1.54) is 0 Å². The van der Waals surface area contributed by atoms with E-state index in [1.807, 2.05) is 24.3 Å². The maximum atomic E-state index is 9.06. The van der Waals surface area contributed by atoms with E-state index < -0.39 is 0 Å². The van der Waals surface area contributed by atoms with Gasteiger partial charge in [-0.25, -0.2) is 0 Å². The van der Waals surface area contributed by atoms with E-state index in [4.69, 9.17) is 10.5 Å². The Bertz CT molecular complexity index is 461. The zero-order chi connectivity index (χ0) is 12.1. The highest BCUT2D eigenvalue weighted by atomic mass is 15.3. The molecule has 1 aromatic rings. The molecule has 0 aromatic heterocycles. The topological polar surface area (TPSA) is 54.1 Å². The van der Waals surface area contributed by atoms with Gasteiger partial charge in [0.25, 0.3) is 0 Å². The maximum Gasteiger partial charge on any atom is 0.101 e. The predicted octanol–water partition coefficient (Wildman–Crippen LogP) is 1.20. The lowest BCUT2D eigenvalue weighted by Crippen LogP contribution is -2.46. The van der Waals surface area contributed by atoms with Crippen LogP contribution in [0.4, 0.5) is 5.69 Å². The Kier molecular flexibility index (Phi) is 3.59. The molecule has 0 radical (unpaired) electrons. The summed E-state index contributed by atoms with van der Waals surface area (Å²) in [6.45, 7) is 4.01. The van der Waals surface area contributed by atoms with Crippen LogP contribution in [-0.2, 0) is 0 Å². The van der Waals surface area contributed by atoms with Gasteiger partial charge in [0.05, 0.1) is 23.9 Å². The van der Waals surface area contributed by atoms with Crippen molar-refractivity contribution in [3.05, 3.63) is 29.8 Å². The van der Waals surface area contributed by atoms with E-state index in [-0.39, 0.29) is 0 Å². The van der Waals surface area contributed by atoms with E-state index in [0.717, 1.165) is 37.4 Å². The van der Waals surface area contributed by atoms with Crippen LogP contribution in [-0.4, -0.2) is 37.6 Å². The second-order valence-corrected chi connectivity index (χ2v) is 4.05. The normalized spacial score (nSPS) is 16.2. The predicted molar refractivity (Wildman–Crippen MR) is 65.4 cm³/mol. The van der Waals surface area contributed by atoms with Crippen molar-refractivity contribution in [2.45, 2.75) is 0 Å². The zero-order valence-electron chi connectivity index (χ0n) is 9.63. The minimum atomic E-state index is 0.494. The van der Waals surface area contributed by atoms with Gasteiger partial charge < -0.3 is 4.90 Å². The minimum absolute atomic E-state index is 0.494. The second kappa shape index (κ2) is 5.34. The molecule has 1 aromatic carbocycles. The summed E-state index contributed by atoms with van der Waals surface area (Å²) in [5.74, 6) is 0. The SMILES string of the molecule is N#CCN1CCN(c2ccccc2C#N)CC1. The Labute approximate surface area is 101 Å². The van der Waals surface area contributed by atoms with Gasteiger partial charge in [-0.15, -0.1) is 0 Å². The smallest absolute Gasteiger partial charge is 0.101 e. The molecule has 1 heterocycles. The largest absolute Gasteiger partial charge is 0.368 e. The summed E-state index contributed by atoms with van der Waals surface area (Å²) in [6, 6.07) is 12.1. The van der Waals surface area contributed by atoms with Gasteiger partial charge in [0.15, 0.2) is 0 Å². The quantitative estimate of drug-likeness (QED) is 0.711. The number of nitrogens with zero attached hydrogens (tertiary/aromatic N) is 4. The molecule has 1 saturated heterocycles. The first-order valence-electron chi connectivity index (χ1n) is 5.68. The van der Waals surface area contributed by atoms with Crippen LogP contribution in [0, 0.1) is 22.7 Å². The fourth-order valence-electron chi connectivity index (χ4n) is 2.09. The molecule has 0 aliphatic carbocycles. The van der Waals surface area contributed by atoms with Crippen molar-refractivity contribution in [1.29, 1.82) is 10.5 Å². The van der Waals surface area contributed by atoms with E-state index in [2.05, 4.69) is 21.9 Å². The first-order valence-corrected chi connectivity index (χ1v) is 5.68. The van der Waals surface area contributed by atoms with E-state index in [9.17, 15) is 0 Å². The van der Waals surface area contributed by atoms with Crippen molar-refractivity contribution in [2.24, 2.45) is 0 Å². The summed E-state index contributed by atoms with van der Waals surface area (Å²) >= 11 is 0. The van der Waals surface area contributed by atoms with Crippen molar-refractivity contribution < 1.29 is 0 Å².